The molecule has 0 fully saturated rings. The summed E-state index contributed by atoms with van der Waals surface area (Å²) in [5, 5.41) is 38.8. The van der Waals surface area contributed by atoms with Gasteiger partial charge in [0.15, 0.2) is 23.0 Å². The number of allylic oxidation sites excluding steroid dienone is 10. The van der Waals surface area contributed by atoms with Gasteiger partial charge in [0.05, 0.1) is 28.4 Å². The summed E-state index contributed by atoms with van der Waals surface area (Å²) >= 11 is 0. The smallest absolute Gasteiger partial charge is 0.180 e. The lowest BCUT2D eigenvalue weighted by Crippen LogP contribution is -2.02. The van der Waals surface area contributed by atoms with Gasteiger partial charge in [-0.15, -0.1) is 0 Å². The molecule has 3 aliphatic rings. The Morgan fingerprint density at radius 3 is 0.938 bits per heavy atom. The monoisotopic (exact) mass is 426 g/mol. The van der Waals surface area contributed by atoms with E-state index in [-0.39, 0.29) is 45.3 Å². The third kappa shape index (κ3) is 3.12. The van der Waals surface area contributed by atoms with Crippen LogP contribution in [0, 0.1) is 45.3 Å². The SMILES string of the molecule is COC1=C(C#N)C(=C2C=CC(=C3C(C#N)=C(OC)C(OC)=C3C#N)CC2)C(C#N)=C1OC. The van der Waals surface area contributed by atoms with Crippen LogP contribution in [0.1, 0.15) is 12.8 Å². The predicted molar refractivity (Wildman–Crippen MR) is 111 cm³/mol. The van der Waals surface area contributed by atoms with Crippen LogP contribution in [0.3, 0.4) is 0 Å². The van der Waals surface area contributed by atoms with E-state index in [0.717, 1.165) is 11.1 Å². The number of hydrogen-bond acceptors (Lipinski definition) is 8. The average Bonchev–Trinajstić information content (AvgIpc) is 3.33. The molecule has 3 rings (SSSR count). The van der Waals surface area contributed by atoms with Crippen molar-refractivity contribution in [3.05, 3.63) is 79.8 Å². The highest BCUT2D eigenvalue weighted by Crippen LogP contribution is 2.44. The van der Waals surface area contributed by atoms with Crippen molar-refractivity contribution in [1.29, 1.82) is 21.0 Å². The zero-order valence-electron chi connectivity index (χ0n) is 18.0. The molecular formula is C24H18N4O4. The fraction of sp³-hybridized carbons (Fsp3) is 0.250. The van der Waals surface area contributed by atoms with E-state index in [2.05, 4.69) is 24.3 Å². The maximum Gasteiger partial charge on any atom is 0.180 e. The van der Waals surface area contributed by atoms with Crippen molar-refractivity contribution < 1.29 is 18.9 Å². The molecule has 32 heavy (non-hydrogen) atoms. The lowest BCUT2D eigenvalue weighted by molar-refractivity contribution is 0.220. The highest BCUT2D eigenvalue weighted by atomic mass is 16.5. The number of methoxy groups -OCH3 is 4. The van der Waals surface area contributed by atoms with E-state index < -0.39 is 0 Å². The minimum absolute atomic E-state index is 0.223. The van der Waals surface area contributed by atoms with Crippen molar-refractivity contribution in [2.75, 3.05) is 28.4 Å². The van der Waals surface area contributed by atoms with Gasteiger partial charge < -0.3 is 18.9 Å². The summed E-state index contributed by atoms with van der Waals surface area (Å²) in [6.07, 6.45) is 4.50. The average molecular weight is 426 g/mol. The molecule has 8 heteroatoms. The van der Waals surface area contributed by atoms with Gasteiger partial charge in [0.2, 0.25) is 0 Å². The first-order valence-corrected chi connectivity index (χ1v) is 9.46. The Hall–Kier alpha value is -4.66. The Bertz CT molecular complexity index is 1110. The highest BCUT2D eigenvalue weighted by Gasteiger charge is 2.36. The summed E-state index contributed by atoms with van der Waals surface area (Å²) in [5.41, 5.74) is 3.38. The molecule has 3 aliphatic carbocycles. The van der Waals surface area contributed by atoms with Crippen LogP contribution in [0.25, 0.3) is 0 Å². The normalized spacial score (nSPS) is 18.0. The van der Waals surface area contributed by atoms with E-state index >= 15 is 0 Å². The van der Waals surface area contributed by atoms with Gasteiger partial charge in [0.1, 0.15) is 46.6 Å². The summed E-state index contributed by atoms with van der Waals surface area (Å²) in [6, 6.07) is 8.44. The van der Waals surface area contributed by atoms with Crippen molar-refractivity contribution in [2.24, 2.45) is 0 Å². The van der Waals surface area contributed by atoms with Gasteiger partial charge in [-0.25, -0.2) is 0 Å². The first-order valence-electron chi connectivity index (χ1n) is 9.46. The molecule has 0 aliphatic heterocycles. The zero-order chi connectivity index (χ0) is 23.4. The lowest BCUT2D eigenvalue weighted by Gasteiger charge is -2.16. The van der Waals surface area contributed by atoms with Crippen LogP contribution in [-0.2, 0) is 18.9 Å². The van der Waals surface area contributed by atoms with Crippen molar-refractivity contribution >= 4 is 0 Å². The van der Waals surface area contributed by atoms with Crippen molar-refractivity contribution in [3.8, 4) is 24.3 Å². The number of nitriles is 4. The zero-order valence-corrected chi connectivity index (χ0v) is 18.0. The highest BCUT2D eigenvalue weighted by molar-refractivity contribution is 5.74. The van der Waals surface area contributed by atoms with Crippen LogP contribution in [-0.4, -0.2) is 28.4 Å². The summed E-state index contributed by atoms with van der Waals surface area (Å²) in [5.74, 6) is 0.894. The molecule has 0 aromatic carbocycles. The molecular weight excluding hydrogens is 408 g/mol. The minimum Gasteiger partial charge on any atom is -0.491 e. The van der Waals surface area contributed by atoms with Crippen LogP contribution in [0.5, 0.6) is 0 Å². The molecule has 0 spiro atoms. The third-order valence-electron chi connectivity index (χ3n) is 5.38. The molecule has 0 amide bonds. The molecule has 158 valence electrons. The van der Waals surface area contributed by atoms with Crippen LogP contribution in [0.15, 0.2) is 79.8 Å². The molecule has 0 aromatic heterocycles. The Balaban J connectivity index is 2.22. The number of ether oxygens (including phenoxy) is 4. The Morgan fingerprint density at radius 2 is 0.781 bits per heavy atom. The summed E-state index contributed by atoms with van der Waals surface area (Å²) in [6.45, 7) is 0. The maximum absolute atomic E-state index is 9.71. The van der Waals surface area contributed by atoms with Crippen LogP contribution in [0.2, 0.25) is 0 Å². The van der Waals surface area contributed by atoms with Crippen LogP contribution >= 0.6 is 0 Å². The Morgan fingerprint density at radius 1 is 0.531 bits per heavy atom. The standard InChI is InChI=1S/C24H18N4O4/c1-29-21-15(9-25)19(16(10-26)22(21)30-2)13-5-7-14(8-6-13)20-17(11-27)23(31-3)24(32-4)18(20)12-28/h5,7H,6,8H2,1-4H3. The Kier molecular flexibility index (Phi) is 6.20. The molecule has 0 bridgehead atoms. The van der Waals surface area contributed by atoms with Gasteiger partial charge in [-0.2, -0.15) is 21.0 Å². The quantitative estimate of drug-likeness (QED) is 0.665. The van der Waals surface area contributed by atoms with E-state index in [1.807, 2.05) is 0 Å². The maximum atomic E-state index is 9.71. The summed E-state index contributed by atoms with van der Waals surface area (Å²) in [7, 11) is 5.67. The Labute approximate surface area is 185 Å². The minimum atomic E-state index is 0.223. The van der Waals surface area contributed by atoms with Gasteiger partial charge in [-0.1, -0.05) is 12.2 Å². The van der Waals surface area contributed by atoms with E-state index in [0.29, 0.717) is 24.0 Å². The predicted octanol–water partition coefficient (Wildman–Crippen LogP) is 3.65. The fourth-order valence-corrected chi connectivity index (χ4v) is 4.06. The van der Waals surface area contributed by atoms with Gasteiger partial charge in [0.25, 0.3) is 0 Å². The molecule has 0 saturated carbocycles. The first-order chi connectivity index (χ1) is 15.6. The van der Waals surface area contributed by atoms with E-state index in [1.165, 1.54) is 28.4 Å². The van der Waals surface area contributed by atoms with E-state index in [1.54, 1.807) is 12.2 Å². The van der Waals surface area contributed by atoms with Crippen molar-refractivity contribution in [1.82, 2.24) is 0 Å². The van der Waals surface area contributed by atoms with Gasteiger partial charge >= 0.3 is 0 Å². The van der Waals surface area contributed by atoms with Crippen molar-refractivity contribution in [2.45, 2.75) is 12.8 Å². The van der Waals surface area contributed by atoms with E-state index in [9.17, 15) is 21.0 Å². The fourth-order valence-electron chi connectivity index (χ4n) is 4.06. The molecule has 0 radical (unpaired) electrons. The third-order valence-corrected chi connectivity index (χ3v) is 5.38. The molecule has 0 heterocycles. The molecule has 0 unspecified atom stereocenters. The van der Waals surface area contributed by atoms with E-state index in [4.69, 9.17) is 18.9 Å². The van der Waals surface area contributed by atoms with Crippen molar-refractivity contribution in [3.63, 3.8) is 0 Å². The topological polar surface area (TPSA) is 132 Å². The van der Waals surface area contributed by atoms with Gasteiger partial charge in [-0.3, -0.25) is 0 Å². The number of hydrogen-bond donors (Lipinski definition) is 0. The van der Waals surface area contributed by atoms with Crippen LogP contribution < -0.4 is 0 Å². The number of rotatable bonds is 4. The lowest BCUT2D eigenvalue weighted by atomic mass is 9.86. The summed E-state index contributed by atoms with van der Waals surface area (Å²) < 4.78 is 21.3. The second-order valence-electron chi connectivity index (χ2n) is 6.71. The molecule has 0 atom stereocenters. The molecule has 8 nitrogen and oxygen atoms in total. The molecule has 0 N–H and O–H groups in total. The van der Waals surface area contributed by atoms with Crippen LogP contribution in [0.4, 0.5) is 0 Å². The second-order valence-corrected chi connectivity index (χ2v) is 6.71. The first kappa shape index (κ1) is 22.0. The van der Waals surface area contributed by atoms with Gasteiger partial charge in [0, 0.05) is 11.1 Å². The second kappa shape index (κ2) is 9.00. The molecule has 0 aromatic rings. The van der Waals surface area contributed by atoms with Gasteiger partial charge in [-0.05, 0) is 24.0 Å². The summed E-state index contributed by atoms with van der Waals surface area (Å²) in [4.78, 5) is 0. The molecule has 0 saturated heterocycles. The largest absolute Gasteiger partial charge is 0.491 e. The number of nitrogens with zero attached hydrogens (tertiary/aromatic N) is 4.